The van der Waals surface area contributed by atoms with Crippen molar-refractivity contribution in [2.75, 3.05) is 23.9 Å². The normalized spacial score (nSPS) is 29.7. The molecule has 104 valence electrons. The van der Waals surface area contributed by atoms with Crippen molar-refractivity contribution in [1.29, 1.82) is 0 Å². The summed E-state index contributed by atoms with van der Waals surface area (Å²) in [7, 11) is 0. The van der Waals surface area contributed by atoms with Gasteiger partial charge in [0.05, 0.1) is 18.6 Å². The third kappa shape index (κ3) is 5.02. The molecule has 1 saturated heterocycles. The number of thiol groups is 1. The van der Waals surface area contributed by atoms with Crippen LogP contribution >= 0.6 is 24.4 Å². The Morgan fingerprint density at radius 2 is 2.22 bits per heavy atom. The summed E-state index contributed by atoms with van der Waals surface area (Å²) < 4.78 is 10.6. The molecule has 0 aromatic rings. The molecule has 1 heterocycles. The van der Waals surface area contributed by atoms with Crippen LogP contribution in [0, 0.1) is 5.92 Å². The van der Waals surface area contributed by atoms with Gasteiger partial charge < -0.3 is 9.47 Å². The van der Waals surface area contributed by atoms with Crippen molar-refractivity contribution < 1.29 is 14.3 Å². The third-order valence-electron chi connectivity index (χ3n) is 3.59. The third-order valence-corrected chi connectivity index (χ3v) is 4.79. The fraction of sp³-hybridized carbons (Fsp3) is 0.923. The van der Waals surface area contributed by atoms with E-state index in [2.05, 4.69) is 12.6 Å². The molecule has 0 aromatic carbocycles. The molecule has 3 nitrogen and oxygen atoms in total. The highest BCUT2D eigenvalue weighted by atomic mass is 32.2. The van der Waals surface area contributed by atoms with Crippen LogP contribution in [-0.4, -0.2) is 42.0 Å². The van der Waals surface area contributed by atoms with E-state index in [4.69, 9.17) is 9.47 Å². The summed E-state index contributed by atoms with van der Waals surface area (Å²) in [4.78, 5) is 11.1. The lowest BCUT2D eigenvalue weighted by Crippen LogP contribution is -2.14. The van der Waals surface area contributed by atoms with Crippen molar-refractivity contribution in [1.82, 2.24) is 0 Å². The smallest absolute Gasteiger partial charge is 0.306 e. The van der Waals surface area contributed by atoms with Gasteiger partial charge in [-0.25, -0.2) is 0 Å². The minimum atomic E-state index is -0.130. The molecule has 18 heavy (non-hydrogen) atoms. The second-order valence-electron chi connectivity index (χ2n) is 4.99. The number of carbonyl (C=O) groups excluding carboxylic acids is 1. The number of esters is 1. The van der Waals surface area contributed by atoms with Gasteiger partial charge in [0.1, 0.15) is 6.61 Å². The fourth-order valence-electron chi connectivity index (χ4n) is 2.48. The zero-order valence-corrected chi connectivity index (χ0v) is 12.4. The van der Waals surface area contributed by atoms with Crippen LogP contribution in [0.3, 0.4) is 0 Å². The Kier molecular flexibility index (Phi) is 6.18. The van der Waals surface area contributed by atoms with Crippen LogP contribution in [0.1, 0.15) is 32.1 Å². The van der Waals surface area contributed by atoms with E-state index in [1.807, 2.05) is 11.8 Å². The number of fused-ring (bicyclic) bond motifs is 1. The van der Waals surface area contributed by atoms with Gasteiger partial charge in [0.2, 0.25) is 0 Å². The standard InChI is InChI=1S/C13H22O3S2/c14-13(3-6-17)15-5-8-18-7-4-10-1-2-11-12(9-10)16-11/h10-12,17H,1-9H2. The number of carbonyl (C=O) groups is 1. The average molecular weight is 290 g/mol. The summed E-state index contributed by atoms with van der Waals surface area (Å²) in [6, 6.07) is 0. The molecule has 0 aromatic heterocycles. The second kappa shape index (κ2) is 7.65. The molecular weight excluding hydrogens is 268 g/mol. The summed E-state index contributed by atoms with van der Waals surface area (Å²) in [5, 5.41) is 0. The van der Waals surface area contributed by atoms with Crippen LogP contribution in [0.4, 0.5) is 0 Å². The zero-order valence-electron chi connectivity index (χ0n) is 10.7. The van der Waals surface area contributed by atoms with Gasteiger partial charge in [-0.1, -0.05) is 0 Å². The molecule has 0 N–H and O–H groups in total. The number of epoxide rings is 1. The fourth-order valence-corrected chi connectivity index (χ4v) is 3.57. The quantitative estimate of drug-likeness (QED) is 0.323. The van der Waals surface area contributed by atoms with Gasteiger partial charge in [-0.3, -0.25) is 4.79 Å². The van der Waals surface area contributed by atoms with Crippen LogP contribution < -0.4 is 0 Å². The first-order valence-electron chi connectivity index (χ1n) is 6.79. The summed E-state index contributed by atoms with van der Waals surface area (Å²) in [6.07, 6.45) is 6.76. The molecule has 3 atom stereocenters. The Morgan fingerprint density at radius 3 is 3.00 bits per heavy atom. The van der Waals surface area contributed by atoms with Gasteiger partial charge in [0.15, 0.2) is 0 Å². The van der Waals surface area contributed by atoms with E-state index < -0.39 is 0 Å². The van der Waals surface area contributed by atoms with Crippen molar-refractivity contribution in [3.05, 3.63) is 0 Å². The summed E-state index contributed by atoms with van der Waals surface area (Å²) in [5.41, 5.74) is 0. The molecule has 0 bridgehead atoms. The minimum Gasteiger partial charge on any atom is -0.465 e. The van der Waals surface area contributed by atoms with E-state index >= 15 is 0 Å². The van der Waals surface area contributed by atoms with Gasteiger partial charge in [-0.05, 0) is 37.4 Å². The Labute approximate surface area is 119 Å². The summed E-state index contributed by atoms with van der Waals surface area (Å²) in [5.74, 6) is 3.38. The van der Waals surface area contributed by atoms with Crippen LogP contribution in [0.15, 0.2) is 0 Å². The summed E-state index contributed by atoms with van der Waals surface area (Å²) >= 11 is 5.88. The van der Waals surface area contributed by atoms with E-state index in [0.717, 1.165) is 11.7 Å². The van der Waals surface area contributed by atoms with Crippen molar-refractivity contribution in [2.24, 2.45) is 5.92 Å². The van der Waals surface area contributed by atoms with Crippen molar-refractivity contribution in [3.8, 4) is 0 Å². The lowest BCUT2D eigenvalue weighted by atomic mass is 9.88. The number of hydrogen-bond acceptors (Lipinski definition) is 5. The van der Waals surface area contributed by atoms with E-state index in [1.165, 1.54) is 31.4 Å². The first-order chi connectivity index (χ1) is 8.79. The number of ether oxygens (including phenoxy) is 2. The molecule has 1 saturated carbocycles. The largest absolute Gasteiger partial charge is 0.465 e. The SMILES string of the molecule is O=C(CCS)OCCSCCC1CCC2OC2C1. The molecule has 2 rings (SSSR count). The van der Waals surface area contributed by atoms with Gasteiger partial charge in [-0.15, -0.1) is 0 Å². The first kappa shape index (κ1) is 14.5. The number of rotatable bonds is 8. The Hall–Kier alpha value is 0.130. The number of thioether (sulfide) groups is 1. The molecule has 2 aliphatic rings. The molecule has 0 spiro atoms. The van der Waals surface area contributed by atoms with E-state index in [0.29, 0.717) is 31.0 Å². The van der Waals surface area contributed by atoms with Gasteiger partial charge in [0, 0.05) is 11.5 Å². The maximum Gasteiger partial charge on any atom is 0.306 e. The van der Waals surface area contributed by atoms with Gasteiger partial charge in [0.25, 0.3) is 0 Å². The van der Waals surface area contributed by atoms with Crippen molar-refractivity contribution >= 4 is 30.4 Å². The van der Waals surface area contributed by atoms with Gasteiger partial charge >= 0.3 is 5.97 Å². The van der Waals surface area contributed by atoms with Crippen LogP contribution in [0.2, 0.25) is 0 Å². The van der Waals surface area contributed by atoms with Crippen LogP contribution in [-0.2, 0) is 14.3 Å². The second-order valence-corrected chi connectivity index (χ2v) is 6.66. The topological polar surface area (TPSA) is 38.8 Å². The van der Waals surface area contributed by atoms with Crippen molar-refractivity contribution in [3.63, 3.8) is 0 Å². The Bertz CT molecular complexity index is 273. The van der Waals surface area contributed by atoms with Crippen LogP contribution in [0.5, 0.6) is 0 Å². The zero-order chi connectivity index (χ0) is 12.8. The van der Waals surface area contributed by atoms with Crippen LogP contribution in [0.25, 0.3) is 0 Å². The molecule has 3 unspecified atom stereocenters. The maximum atomic E-state index is 11.1. The predicted molar refractivity (Wildman–Crippen MR) is 77.4 cm³/mol. The average Bonchev–Trinajstić information content (AvgIpc) is 3.12. The molecule has 1 aliphatic heterocycles. The van der Waals surface area contributed by atoms with E-state index in [-0.39, 0.29) is 5.97 Å². The molecule has 5 heteroatoms. The number of hydrogen-bond donors (Lipinski definition) is 1. The van der Waals surface area contributed by atoms with Gasteiger partial charge in [-0.2, -0.15) is 24.4 Å². The highest BCUT2D eigenvalue weighted by Crippen LogP contribution is 2.40. The lowest BCUT2D eigenvalue weighted by molar-refractivity contribution is -0.142. The highest BCUT2D eigenvalue weighted by molar-refractivity contribution is 7.99. The molecule has 0 amide bonds. The monoisotopic (exact) mass is 290 g/mol. The Balaban J connectivity index is 1.40. The predicted octanol–water partition coefficient (Wildman–Crippen LogP) is 2.54. The maximum absolute atomic E-state index is 11.1. The van der Waals surface area contributed by atoms with Crippen molar-refractivity contribution in [2.45, 2.75) is 44.3 Å². The molecule has 1 aliphatic carbocycles. The van der Waals surface area contributed by atoms with E-state index in [9.17, 15) is 4.79 Å². The van der Waals surface area contributed by atoms with E-state index in [1.54, 1.807) is 0 Å². The molecule has 0 radical (unpaired) electrons. The summed E-state index contributed by atoms with van der Waals surface area (Å²) in [6.45, 7) is 0.537. The first-order valence-corrected chi connectivity index (χ1v) is 8.58. The minimum absolute atomic E-state index is 0.130. The molecular formula is C13H22O3S2. The Morgan fingerprint density at radius 1 is 1.33 bits per heavy atom. The highest BCUT2D eigenvalue weighted by Gasteiger charge is 2.43. The lowest BCUT2D eigenvalue weighted by Gasteiger charge is -2.18. The molecule has 2 fully saturated rings.